The van der Waals surface area contributed by atoms with Crippen LogP contribution in [-0.2, 0) is 21.2 Å². The second kappa shape index (κ2) is 8.53. The molecule has 156 valence electrons. The predicted molar refractivity (Wildman–Crippen MR) is 113 cm³/mol. The van der Waals surface area contributed by atoms with Gasteiger partial charge in [-0.05, 0) is 48.3 Å². The van der Waals surface area contributed by atoms with Crippen LogP contribution in [0, 0.1) is 11.3 Å². The third kappa shape index (κ3) is 4.25. The van der Waals surface area contributed by atoms with Gasteiger partial charge in [-0.1, -0.05) is 25.3 Å². The number of pyridine rings is 1. The first kappa shape index (κ1) is 20.5. The number of nitrogens with one attached hydrogen (secondary N) is 1. The van der Waals surface area contributed by atoms with Gasteiger partial charge in [0.1, 0.15) is 4.90 Å². The van der Waals surface area contributed by atoms with Crippen LogP contribution in [0.3, 0.4) is 0 Å². The van der Waals surface area contributed by atoms with Gasteiger partial charge in [0, 0.05) is 36.9 Å². The summed E-state index contributed by atoms with van der Waals surface area (Å²) in [6.07, 6.45) is 8.85. The number of carbonyl (C=O) groups excluding carboxylic acids is 1. The maximum Gasteiger partial charge on any atom is 0.244 e. The average Bonchev–Trinajstić information content (AvgIpc) is 3.38. The molecule has 4 rings (SSSR count). The number of hydrogen-bond donors (Lipinski definition) is 1. The van der Waals surface area contributed by atoms with Crippen molar-refractivity contribution in [3.8, 4) is 0 Å². The second-order valence-electron chi connectivity index (χ2n) is 8.08. The zero-order chi connectivity index (χ0) is 20.3. The highest BCUT2D eigenvalue weighted by Gasteiger charge is 2.53. The summed E-state index contributed by atoms with van der Waals surface area (Å²) in [6, 6.07) is 7.28. The molecule has 1 unspecified atom stereocenters. The van der Waals surface area contributed by atoms with Crippen molar-refractivity contribution in [3.05, 3.63) is 46.9 Å². The van der Waals surface area contributed by atoms with E-state index in [1.54, 1.807) is 29.7 Å². The van der Waals surface area contributed by atoms with E-state index in [1.165, 1.54) is 15.4 Å². The lowest BCUT2D eigenvalue weighted by Crippen LogP contribution is -2.43. The maximum atomic E-state index is 13.2. The lowest BCUT2D eigenvalue weighted by atomic mass is 9.67. The number of aromatic nitrogens is 1. The molecule has 2 aromatic rings. The normalized spacial score (nSPS) is 22.0. The first-order chi connectivity index (χ1) is 14.0. The highest BCUT2D eigenvalue weighted by atomic mass is 32.2. The molecule has 1 atom stereocenters. The Labute approximate surface area is 176 Å². The molecule has 1 saturated carbocycles. The Balaban J connectivity index is 1.51. The molecule has 8 heteroatoms. The summed E-state index contributed by atoms with van der Waals surface area (Å²) >= 11 is 1.69. The first-order valence-corrected chi connectivity index (χ1v) is 12.5. The van der Waals surface area contributed by atoms with Crippen molar-refractivity contribution in [2.24, 2.45) is 11.3 Å². The Morgan fingerprint density at radius 2 is 2.07 bits per heavy atom. The summed E-state index contributed by atoms with van der Waals surface area (Å²) in [5, 5.41) is 5.11. The van der Waals surface area contributed by atoms with E-state index >= 15 is 0 Å². The van der Waals surface area contributed by atoms with Crippen LogP contribution in [0.25, 0.3) is 0 Å². The number of hydrogen-bond acceptors (Lipinski definition) is 5. The molecular formula is C21H27N3O3S2. The second-order valence-corrected chi connectivity index (χ2v) is 11.1. The average molecular weight is 434 g/mol. The van der Waals surface area contributed by atoms with Crippen LogP contribution in [0.15, 0.2) is 46.9 Å². The molecule has 2 fully saturated rings. The number of amides is 1. The van der Waals surface area contributed by atoms with Gasteiger partial charge in [0.25, 0.3) is 0 Å². The van der Waals surface area contributed by atoms with Crippen LogP contribution in [-0.4, -0.2) is 43.2 Å². The Bertz CT molecular complexity index is 923. The number of carbonyl (C=O) groups is 1. The van der Waals surface area contributed by atoms with E-state index < -0.39 is 10.0 Å². The van der Waals surface area contributed by atoms with Crippen molar-refractivity contribution in [1.82, 2.24) is 14.6 Å². The van der Waals surface area contributed by atoms with Crippen LogP contribution >= 0.6 is 11.3 Å². The smallest absolute Gasteiger partial charge is 0.244 e. The molecule has 2 aliphatic rings. The first-order valence-electron chi connectivity index (χ1n) is 10.2. The summed E-state index contributed by atoms with van der Waals surface area (Å²) in [7, 11) is -3.64. The zero-order valence-corrected chi connectivity index (χ0v) is 18.1. The van der Waals surface area contributed by atoms with Gasteiger partial charge in [-0.15, -0.1) is 11.3 Å². The van der Waals surface area contributed by atoms with E-state index in [1.807, 2.05) is 11.4 Å². The van der Waals surface area contributed by atoms with E-state index in [0.29, 0.717) is 13.1 Å². The monoisotopic (exact) mass is 433 g/mol. The molecule has 3 heterocycles. The van der Waals surface area contributed by atoms with Gasteiger partial charge in [-0.2, -0.15) is 4.31 Å². The standard InChI is InChI=1S/C21H27N3O3S2/c25-20(23-12-8-17-6-5-13-28-17)19-15-24(16-21(19)9-2-1-3-10-21)29(26,27)18-7-4-11-22-14-18/h4-7,11,13-14,19H,1-3,8-10,12,15-16H2,(H,23,25). The number of nitrogens with zero attached hydrogens (tertiary/aromatic N) is 2. The fourth-order valence-electron chi connectivity index (χ4n) is 4.77. The minimum absolute atomic E-state index is 0.00709. The summed E-state index contributed by atoms with van der Waals surface area (Å²) in [5.41, 5.74) is -0.249. The molecule has 1 N–H and O–H groups in total. The van der Waals surface area contributed by atoms with E-state index in [0.717, 1.165) is 38.5 Å². The largest absolute Gasteiger partial charge is 0.355 e. The molecule has 1 saturated heterocycles. The molecule has 0 radical (unpaired) electrons. The van der Waals surface area contributed by atoms with Crippen molar-refractivity contribution in [2.75, 3.05) is 19.6 Å². The van der Waals surface area contributed by atoms with Crippen LogP contribution in [0.5, 0.6) is 0 Å². The van der Waals surface area contributed by atoms with Gasteiger partial charge in [-0.3, -0.25) is 9.78 Å². The third-order valence-corrected chi connectivity index (χ3v) is 9.04. The van der Waals surface area contributed by atoms with E-state index in [-0.39, 0.29) is 28.7 Å². The highest BCUT2D eigenvalue weighted by Crippen LogP contribution is 2.48. The lowest BCUT2D eigenvalue weighted by Gasteiger charge is -2.37. The van der Waals surface area contributed by atoms with Gasteiger partial charge in [0.2, 0.25) is 15.9 Å². The lowest BCUT2D eigenvalue weighted by molar-refractivity contribution is -0.128. The summed E-state index contributed by atoms with van der Waals surface area (Å²) in [6.45, 7) is 1.26. The van der Waals surface area contributed by atoms with Crippen LogP contribution in [0.2, 0.25) is 0 Å². The maximum absolute atomic E-state index is 13.2. The fraction of sp³-hybridized carbons (Fsp3) is 0.524. The van der Waals surface area contributed by atoms with Gasteiger partial charge >= 0.3 is 0 Å². The molecule has 1 aliphatic carbocycles. The molecule has 2 aromatic heterocycles. The summed E-state index contributed by atoms with van der Waals surface area (Å²) in [5.74, 6) is -0.301. The van der Waals surface area contributed by atoms with Crippen molar-refractivity contribution >= 4 is 27.3 Å². The number of thiophene rings is 1. The van der Waals surface area contributed by atoms with Crippen molar-refractivity contribution < 1.29 is 13.2 Å². The van der Waals surface area contributed by atoms with E-state index in [9.17, 15) is 13.2 Å². The Kier molecular flexibility index (Phi) is 6.03. The van der Waals surface area contributed by atoms with Crippen molar-refractivity contribution in [3.63, 3.8) is 0 Å². The molecule has 0 aromatic carbocycles. The van der Waals surface area contributed by atoms with E-state index in [2.05, 4.69) is 16.4 Å². The molecule has 1 spiro atoms. The predicted octanol–water partition coefficient (Wildman–Crippen LogP) is 3.07. The summed E-state index contributed by atoms with van der Waals surface area (Å²) < 4.78 is 27.8. The Morgan fingerprint density at radius 1 is 1.24 bits per heavy atom. The molecule has 1 aliphatic heterocycles. The highest BCUT2D eigenvalue weighted by molar-refractivity contribution is 7.89. The van der Waals surface area contributed by atoms with Crippen LogP contribution < -0.4 is 5.32 Å². The van der Waals surface area contributed by atoms with Crippen LogP contribution in [0.4, 0.5) is 0 Å². The van der Waals surface area contributed by atoms with Crippen molar-refractivity contribution in [2.45, 2.75) is 43.4 Å². The minimum atomic E-state index is -3.64. The Morgan fingerprint density at radius 3 is 2.76 bits per heavy atom. The summed E-state index contributed by atoms with van der Waals surface area (Å²) in [4.78, 5) is 18.5. The molecule has 29 heavy (non-hydrogen) atoms. The molecule has 6 nitrogen and oxygen atoms in total. The minimum Gasteiger partial charge on any atom is -0.355 e. The number of rotatable bonds is 6. The molecular weight excluding hydrogens is 406 g/mol. The fourth-order valence-corrected chi connectivity index (χ4v) is 6.99. The van der Waals surface area contributed by atoms with Gasteiger partial charge in [0.15, 0.2) is 0 Å². The van der Waals surface area contributed by atoms with E-state index in [4.69, 9.17) is 0 Å². The molecule has 0 bridgehead atoms. The van der Waals surface area contributed by atoms with Gasteiger partial charge in [-0.25, -0.2) is 8.42 Å². The van der Waals surface area contributed by atoms with Gasteiger partial charge in [0.05, 0.1) is 5.92 Å². The Hall–Kier alpha value is -1.77. The van der Waals surface area contributed by atoms with Crippen molar-refractivity contribution in [1.29, 1.82) is 0 Å². The third-order valence-electron chi connectivity index (χ3n) is 6.31. The molecule has 1 amide bonds. The van der Waals surface area contributed by atoms with Gasteiger partial charge < -0.3 is 5.32 Å². The van der Waals surface area contributed by atoms with Crippen LogP contribution in [0.1, 0.15) is 37.0 Å². The SMILES string of the molecule is O=C(NCCc1cccs1)C1CN(S(=O)(=O)c2cccnc2)CC12CCCCC2. The quantitative estimate of drug-likeness (QED) is 0.759. The topological polar surface area (TPSA) is 79.4 Å². The zero-order valence-electron chi connectivity index (χ0n) is 16.4. The number of sulfonamides is 1.